The Kier molecular flexibility index (Phi) is 5.66. The number of nitrogens with zero attached hydrogens (tertiary/aromatic N) is 3. The molecule has 0 amide bonds. The third-order valence-electron chi connectivity index (χ3n) is 6.18. The SMILES string of the molecule is O=S(=O)(Nc1ccc(-c2nccn2CC2CCCCC2)cc1)c1cccc2cccnc12. The largest absolute Gasteiger partial charge is 0.331 e. The van der Waals surface area contributed by atoms with Gasteiger partial charge in [0.1, 0.15) is 10.7 Å². The van der Waals surface area contributed by atoms with E-state index in [4.69, 9.17) is 0 Å². The van der Waals surface area contributed by atoms with E-state index in [0.29, 0.717) is 17.1 Å². The van der Waals surface area contributed by atoms with Gasteiger partial charge in [0, 0.05) is 41.8 Å². The first-order valence-electron chi connectivity index (χ1n) is 11.1. The summed E-state index contributed by atoms with van der Waals surface area (Å²) in [6.07, 6.45) is 12.0. The molecular formula is C25H26N4O2S. The van der Waals surface area contributed by atoms with Gasteiger partial charge in [-0.05, 0) is 55.2 Å². The lowest BCUT2D eigenvalue weighted by molar-refractivity contribution is 0.320. The van der Waals surface area contributed by atoms with Crippen molar-refractivity contribution in [3.63, 3.8) is 0 Å². The highest BCUT2D eigenvalue weighted by Crippen LogP contribution is 2.28. The Bertz CT molecular complexity index is 1320. The van der Waals surface area contributed by atoms with Gasteiger partial charge in [0.05, 0.1) is 5.52 Å². The van der Waals surface area contributed by atoms with Crippen molar-refractivity contribution in [2.24, 2.45) is 5.92 Å². The highest BCUT2D eigenvalue weighted by atomic mass is 32.2. The van der Waals surface area contributed by atoms with Crippen LogP contribution in [0.2, 0.25) is 0 Å². The third kappa shape index (κ3) is 4.25. The third-order valence-corrected chi connectivity index (χ3v) is 7.59. The van der Waals surface area contributed by atoms with Crippen LogP contribution in [0.1, 0.15) is 32.1 Å². The van der Waals surface area contributed by atoms with Gasteiger partial charge in [0.25, 0.3) is 10.0 Å². The van der Waals surface area contributed by atoms with E-state index in [9.17, 15) is 8.42 Å². The smallest absolute Gasteiger partial charge is 0.264 e. The van der Waals surface area contributed by atoms with Gasteiger partial charge in [0.15, 0.2) is 0 Å². The molecule has 0 radical (unpaired) electrons. The number of sulfonamides is 1. The first-order chi connectivity index (χ1) is 15.6. The minimum atomic E-state index is -3.77. The highest BCUT2D eigenvalue weighted by molar-refractivity contribution is 7.93. The van der Waals surface area contributed by atoms with Crippen LogP contribution >= 0.6 is 0 Å². The van der Waals surface area contributed by atoms with Crippen LogP contribution in [0.25, 0.3) is 22.3 Å². The van der Waals surface area contributed by atoms with E-state index >= 15 is 0 Å². The molecule has 7 heteroatoms. The zero-order valence-corrected chi connectivity index (χ0v) is 18.6. The van der Waals surface area contributed by atoms with Crippen molar-refractivity contribution in [2.75, 3.05) is 4.72 Å². The maximum atomic E-state index is 13.0. The summed E-state index contributed by atoms with van der Waals surface area (Å²) >= 11 is 0. The standard InChI is InChI=1S/C25H26N4O2S/c30-32(31,23-10-4-8-20-9-5-15-26-24(20)23)28-22-13-11-21(12-14-22)25-27-16-17-29(25)18-19-6-2-1-3-7-19/h4-5,8-17,19,28H,1-3,6-7,18H2. The first kappa shape index (κ1) is 20.7. The van der Waals surface area contributed by atoms with Crippen LogP contribution in [-0.4, -0.2) is 23.0 Å². The summed E-state index contributed by atoms with van der Waals surface area (Å²) < 4.78 is 31.0. The molecule has 0 bridgehead atoms. The molecule has 1 saturated carbocycles. The van der Waals surface area contributed by atoms with E-state index in [2.05, 4.69) is 19.3 Å². The van der Waals surface area contributed by atoms with Gasteiger partial charge in [-0.1, -0.05) is 37.5 Å². The molecule has 1 fully saturated rings. The summed E-state index contributed by atoms with van der Waals surface area (Å²) in [5, 5.41) is 0.788. The van der Waals surface area contributed by atoms with Crippen molar-refractivity contribution in [3.05, 3.63) is 73.2 Å². The maximum absolute atomic E-state index is 13.0. The van der Waals surface area contributed by atoms with E-state index in [0.717, 1.165) is 23.3 Å². The second kappa shape index (κ2) is 8.74. The average Bonchev–Trinajstić information content (AvgIpc) is 3.27. The Morgan fingerprint density at radius 1 is 0.906 bits per heavy atom. The number of fused-ring (bicyclic) bond motifs is 1. The predicted molar refractivity (Wildman–Crippen MR) is 127 cm³/mol. The van der Waals surface area contributed by atoms with Crippen molar-refractivity contribution >= 4 is 26.6 Å². The topological polar surface area (TPSA) is 76.9 Å². The number of anilines is 1. The minimum Gasteiger partial charge on any atom is -0.331 e. The molecule has 0 spiro atoms. The van der Waals surface area contributed by atoms with Gasteiger partial charge in [-0.2, -0.15) is 0 Å². The molecule has 32 heavy (non-hydrogen) atoms. The van der Waals surface area contributed by atoms with E-state index < -0.39 is 10.0 Å². The zero-order chi connectivity index (χ0) is 22.0. The fourth-order valence-corrected chi connectivity index (χ4v) is 5.79. The fraction of sp³-hybridized carbons (Fsp3) is 0.280. The van der Waals surface area contributed by atoms with Crippen LogP contribution in [-0.2, 0) is 16.6 Å². The van der Waals surface area contributed by atoms with Crippen molar-refractivity contribution in [1.82, 2.24) is 14.5 Å². The molecule has 2 aromatic heterocycles. The molecular weight excluding hydrogens is 420 g/mol. The molecule has 6 nitrogen and oxygen atoms in total. The van der Waals surface area contributed by atoms with Crippen LogP contribution in [0.3, 0.4) is 0 Å². The second-order valence-electron chi connectivity index (χ2n) is 8.42. The van der Waals surface area contributed by atoms with Crippen LogP contribution in [0.5, 0.6) is 0 Å². The molecule has 0 unspecified atom stereocenters. The number of nitrogens with one attached hydrogen (secondary N) is 1. The highest BCUT2D eigenvalue weighted by Gasteiger charge is 2.19. The van der Waals surface area contributed by atoms with Crippen molar-refractivity contribution in [1.29, 1.82) is 0 Å². The molecule has 1 N–H and O–H groups in total. The fourth-order valence-electron chi connectivity index (χ4n) is 4.56. The maximum Gasteiger partial charge on any atom is 0.264 e. The predicted octanol–water partition coefficient (Wildman–Crippen LogP) is 5.48. The van der Waals surface area contributed by atoms with Crippen LogP contribution in [0, 0.1) is 5.92 Å². The summed E-state index contributed by atoms with van der Waals surface area (Å²) in [6, 6.07) is 16.2. The molecule has 1 aliphatic rings. The lowest BCUT2D eigenvalue weighted by atomic mass is 9.89. The molecule has 164 valence electrons. The summed E-state index contributed by atoms with van der Waals surface area (Å²) in [7, 11) is -3.77. The van der Waals surface area contributed by atoms with Gasteiger partial charge in [-0.25, -0.2) is 13.4 Å². The Hall–Kier alpha value is -3.19. The summed E-state index contributed by atoms with van der Waals surface area (Å²) in [6.45, 7) is 0.984. The lowest BCUT2D eigenvalue weighted by Crippen LogP contribution is -2.14. The monoisotopic (exact) mass is 446 g/mol. The van der Waals surface area contributed by atoms with E-state index in [1.54, 1.807) is 36.5 Å². The van der Waals surface area contributed by atoms with Crippen LogP contribution in [0.4, 0.5) is 5.69 Å². The van der Waals surface area contributed by atoms with Gasteiger partial charge in [-0.3, -0.25) is 9.71 Å². The number of pyridine rings is 1. The summed E-state index contributed by atoms with van der Waals surface area (Å²) in [4.78, 5) is 8.99. The quantitative estimate of drug-likeness (QED) is 0.425. The number of hydrogen-bond acceptors (Lipinski definition) is 4. The Balaban J connectivity index is 1.36. The molecule has 0 saturated heterocycles. The van der Waals surface area contributed by atoms with Gasteiger partial charge in [-0.15, -0.1) is 0 Å². The molecule has 2 aromatic carbocycles. The van der Waals surface area contributed by atoms with Crippen LogP contribution in [0.15, 0.2) is 78.1 Å². The number of rotatable bonds is 6. The molecule has 2 heterocycles. The van der Waals surface area contributed by atoms with E-state index in [1.807, 2.05) is 36.7 Å². The summed E-state index contributed by atoms with van der Waals surface area (Å²) in [5.74, 6) is 1.63. The van der Waals surface area contributed by atoms with Gasteiger partial charge in [0.2, 0.25) is 0 Å². The Morgan fingerprint density at radius 2 is 1.69 bits per heavy atom. The Labute approximate surface area is 188 Å². The number of benzene rings is 2. The van der Waals surface area contributed by atoms with Gasteiger partial charge < -0.3 is 4.57 Å². The zero-order valence-electron chi connectivity index (χ0n) is 17.8. The molecule has 0 atom stereocenters. The van der Waals surface area contributed by atoms with E-state index in [-0.39, 0.29) is 4.90 Å². The second-order valence-corrected chi connectivity index (χ2v) is 10.1. The van der Waals surface area contributed by atoms with Crippen molar-refractivity contribution in [2.45, 2.75) is 43.5 Å². The average molecular weight is 447 g/mol. The Morgan fingerprint density at radius 3 is 2.50 bits per heavy atom. The molecule has 0 aliphatic heterocycles. The van der Waals surface area contributed by atoms with Gasteiger partial charge >= 0.3 is 0 Å². The summed E-state index contributed by atoms with van der Waals surface area (Å²) in [5.41, 5.74) is 1.94. The number of imidazole rings is 1. The molecule has 4 aromatic rings. The van der Waals surface area contributed by atoms with Crippen molar-refractivity contribution < 1.29 is 8.42 Å². The van der Waals surface area contributed by atoms with Crippen molar-refractivity contribution in [3.8, 4) is 11.4 Å². The number of aromatic nitrogens is 3. The lowest BCUT2D eigenvalue weighted by Gasteiger charge is -2.22. The molecule has 1 aliphatic carbocycles. The minimum absolute atomic E-state index is 0.169. The number of hydrogen-bond donors (Lipinski definition) is 1. The van der Waals surface area contributed by atoms with E-state index in [1.165, 1.54) is 32.1 Å². The first-order valence-corrected chi connectivity index (χ1v) is 12.6. The normalized spacial score (nSPS) is 15.1. The molecule has 5 rings (SSSR count). The van der Waals surface area contributed by atoms with Crippen LogP contribution < -0.4 is 4.72 Å². The number of para-hydroxylation sites is 1.